The Morgan fingerprint density at radius 3 is 2.73 bits per heavy atom. The van der Waals surface area contributed by atoms with Crippen LogP contribution in [-0.4, -0.2) is 32.1 Å². The smallest absolute Gasteiger partial charge is 0.0453 e. The molecule has 1 aromatic carbocycles. The first-order valence-corrected chi connectivity index (χ1v) is 5.59. The fraction of sp³-hybridized carbons (Fsp3) is 0.500. The summed E-state index contributed by atoms with van der Waals surface area (Å²) in [6.45, 7) is 4.99. The summed E-state index contributed by atoms with van der Waals surface area (Å²) in [6.07, 6.45) is 0. The maximum absolute atomic E-state index is 6.17. The third-order valence-electron chi connectivity index (χ3n) is 2.39. The number of hydrogen-bond acceptors (Lipinski definition) is 2. The van der Waals surface area contributed by atoms with Crippen LogP contribution in [0.5, 0.6) is 0 Å². The second-order valence-corrected chi connectivity index (χ2v) is 4.34. The van der Waals surface area contributed by atoms with Crippen LogP contribution >= 0.6 is 11.6 Å². The zero-order valence-electron chi connectivity index (χ0n) is 9.68. The van der Waals surface area contributed by atoms with Crippen molar-refractivity contribution in [3.8, 4) is 0 Å². The Morgan fingerprint density at radius 2 is 2.13 bits per heavy atom. The van der Waals surface area contributed by atoms with Crippen LogP contribution in [0.4, 0.5) is 0 Å². The van der Waals surface area contributed by atoms with Gasteiger partial charge < -0.3 is 10.2 Å². The summed E-state index contributed by atoms with van der Waals surface area (Å²) in [4.78, 5) is 2.26. The predicted octanol–water partition coefficient (Wildman–Crippen LogP) is 2.30. The minimum atomic E-state index is 0.867. The molecule has 0 amide bonds. The highest BCUT2D eigenvalue weighted by Gasteiger charge is 2.03. The van der Waals surface area contributed by atoms with Crippen molar-refractivity contribution < 1.29 is 0 Å². The Kier molecular flexibility index (Phi) is 5.09. The van der Waals surface area contributed by atoms with Crippen molar-refractivity contribution in [1.82, 2.24) is 10.2 Å². The van der Waals surface area contributed by atoms with E-state index in [1.807, 2.05) is 13.1 Å². The van der Waals surface area contributed by atoms with E-state index in [2.05, 4.69) is 36.3 Å². The number of nitrogens with zero attached hydrogens (tertiary/aromatic N) is 1. The van der Waals surface area contributed by atoms with Gasteiger partial charge in [-0.2, -0.15) is 0 Å². The van der Waals surface area contributed by atoms with Crippen molar-refractivity contribution in [2.24, 2.45) is 0 Å². The summed E-state index contributed by atoms with van der Waals surface area (Å²) in [6, 6.07) is 6.23. The predicted molar refractivity (Wildman–Crippen MR) is 66.4 cm³/mol. The molecule has 0 fully saturated rings. The molecule has 84 valence electrons. The van der Waals surface area contributed by atoms with Crippen LogP contribution in [0, 0.1) is 6.92 Å². The molecule has 0 aromatic heterocycles. The van der Waals surface area contributed by atoms with Crippen molar-refractivity contribution in [2.45, 2.75) is 13.5 Å². The molecule has 3 heteroatoms. The average Bonchev–Trinajstić information content (AvgIpc) is 2.19. The highest BCUT2D eigenvalue weighted by atomic mass is 35.5. The van der Waals surface area contributed by atoms with Gasteiger partial charge in [-0.25, -0.2) is 0 Å². The summed E-state index contributed by atoms with van der Waals surface area (Å²) in [5, 5.41) is 4.00. The third kappa shape index (κ3) is 4.20. The van der Waals surface area contributed by atoms with Gasteiger partial charge in [0, 0.05) is 24.7 Å². The van der Waals surface area contributed by atoms with Crippen LogP contribution in [0.3, 0.4) is 0 Å². The van der Waals surface area contributed by atoms with E-state index in [1.165, 1.54) is 11.1 Å². The molecule has 0 spiro atoms. The lowest BCUT2D eigenvalue weighted by atomic mass is 10.1. The quantitative estimate of drug-likeness (QED) is 0.829. The van der Waals surface area contributed by atoms with Gasteiger partial charge in [0.25, 0.3) is 0 Å². The number of benzene rings is 1. The normalized spacial score (nSPS) is 11.0. The van der Waals surface area contributed by atoms with E-state index in [-0.39, 0.29) is 0 Å². The Balaban J connectivity index is 2.56. The standard InChI is InChI=1S/C12H19ClN2/c1-10-4-5-11(12(13)8-10)9-15(3)7-6-14-2/h4-5,8,14H,6-7,9H2,1-3H3. The average molecular weight is 227 g/mol. The molecule has 0 radical (unpaired) electrons. The molecule has 15 heavy (non-hydrogen) atoms. The lowest BCUT2D eigenvalue weighted by Crippen LogP contribution is -2.27. The van der Waals surface area contributed by atoms with Gasteiger partial charge in [0.1, 0.15) is 0 Å². The molecule has 0 bridgehead atoms. The van der Waals surface area contributed by atoms with Gasteiger partial charge in [-0.1, -0.05) is 23.7 Å². The first-order chi connectivity index (χ1) is 7.13. The van der Waals surface area contributed by atoms with E-state index in [9.17, 15) is 0 Å². The topological polar surface area (TPSA) is 15.3 Å². The lowest BCUT2D eigenvalue weighted by molar-refractivity contribution is 0.328. The second kappa shape index (κ2) is 6.11. The summed E-state index contributed by atoms with van der Waals surface area (Å²) >= 11 is 6.17. The van der Waals surface area contributed by atoms with Crippen molar-refractivity contribution in [3.05, 3.63) is 34.3 Å². The number of aryl methyl sites for hydroxylation is 1. The summed E-state index contributed by atoms with van der Waals surface area (Å²) < 4.78 is 0. The van der Waals surface area contributed by atoms with Crippen molar-refractivity contribution in [3.63, 3.8) is 0 Å². The van der Waals surface area contributed by atoms with E-state index in [0.717, 1.165) is 24.7 Å². The molecule has 0 atom stereocenters. The first kappa shape index (κ1) is 12.5. The van der Waals surface area contributed by atoms with Crippen LogP contribution in [-0.2, 0) is 6.54 Å². The van der Waals surface area contributed by atoms with Gasteiger partial charge in [0.05, 0.1) is 0 Å². The van der Waals surface area contributed by atoms with Crippen molar-refractivity contribution >= 4 is 11.6 Å². The van der Waals surface area contributed by atoms with E-state index < -0.39 is 0 Å². The number of halogens is 1. The Morgan fingerprint density at radius 1 is 1.40 bits per heavy atom. The number of hydrogen-bond donors (Lipinski definition) is 1. The molecule has 0 aliphatic carbocycles. The Bertz CT molecular complexity index is 312. The zero-order valence-corrected chi connectivity index (χ0v) is 10.4. The molecule has 0 saturated carbocycles. The second-order valence-electron chi connectivity index (χ2n) is 3.94. The van der Waals surface area contributed by atoms with Crippen molar-refractivity contribution in [2.75, 3.05) is 27.2 Å². The van der Waals surface area contributed by atoms with Gasteiger partial charge in [-0.15, -0.1) is 0 Å². The molecule has 2 nitrogen and oxygen atoms in total. The summed E-state index contributed by atoms with van der Waals surface area (Å²) in [5.41, 5.74) is 2.41. The maximum Gasteiger partial charge on any atom is 0.0453 e. The molecular weight excluding hydrogens is 208 g/mol. The highest BCUT2D eigenvalue weighted by molar-refractivity contribution is 6.31. The maximum atomic E-state index is 6.17. The van der Waals surface area contributed by atoms with Crippen LogP contribution in [0.1, 0.15) is 11.1 Å². The molecule has 0 aliphatic heterocycles. The van der Waals surface area contributed by atoms with E-state index in [1.54, 1.807) is 0 Å². The van der Waals surface area contributed by atoms with E-state index >= 15 is 0 Å². The highest BCUT2D eigenvalue weighted by Crippen LogP contribution is 2.18. The minimum absolute atomic E-state index is 0.867. The monoisotopic (exact) mass is 226 g/mol. The molecule has 0 unspecified atom stereocenters. The Hall–Kier alpha value is -0.570. The Labute approximate surface area is 97.2 Å². The van der Waals surface area contributed by atoms with Gasteiger partial charge in [0.2, 0.25) is 0 Å². The lowest BCUT2D eigenvalue weighted by Gasteiger charge is -2.17. The SMILES string of the molecule is CNCCN(C)Cc1ccc(C)cc1Cl. The molecule has 0 saturated heterocycles. The minimum Gasteiger partial charge on any atom is -0.318 e. The van der Waals surface area contributed by atoms with Crippen LogP contribution in [0.15, 0.2) is 18.2 Å². The summed E-state index contributed by atoms with van der Waals surface area (Å²) in [5.74, 6) is 0. The van der Waals surface area contributed by atoms with Gasteiger partial charge in [-0.05, 0) is 38.2 Å². The van der Waals surface area contributed by atoms with E-state index in [4.69, 9.17) is 11.6 Å². The molecule has 1 rings (SSSR count). The number of nitrogens with one attached hydrogen (secondary N) is 1. The zero-order chi connectivity index (χ0) is 11.3. The van der Waals surface area contributed by atoms with Crippen LogP contribution in [0.2, 0.25) is 5.02 Å². The van der Waals surface area contributed by atoms with Crippen molar-refractivity contribution in [1.29, 1.82) is 0 Å². The molecule has 0 heterocycles. The van der Waals surface area contributed by atoms with Gasteiger partial charge in [0.15, 0.2) is 0 Å². The third-order valence-corrected chi connectivity index (χ3v) is 2.74. The number of rotatable bonds is 5. The molecular formula is C12H19ClN2. The van der Waals surface area contributed by atoms with Gasteiger partial charge in [-0.3, -0.25) is 0 Å². The largest absolute Gasteiger partial charge is 0.318 e. The van der Waals surface area contributed by atoms with Crippen LogP contribution < -0.4 is 5.32 Å². The fourth-order valence-electron chi connectivity index (χ4n) is 1.45. The van der Waals surface area contributed by atoms with E-state index in [0.29, 0.717) is 0 Å². The first-order valence-electron chi connectivity index (χ1n) is 5.21. The molecule has 1 N–H and O–H groups in total. The number of likely N-dealkylation sites (N-methyl/N-ethyl adjacent to an activating group) is 2. The van der Waals surface area contributed by atoms with Gasteiger partial charge >= 0.3 is 0 Å². The molecule has 1 aromatic rings. The summed E-state index contributed by atoms with van der Waals surface area (Å²) in [7, 11) is 4.07. The fourth-order valence-corrected chi connectivity index (χ4v) is 1.75. The molecule has 0 aliphatic rings. The van der Waals surface area contributed by atoms with Crippen LogP contribution in [0.25, 0.3) is 0 Å².